The van der Waals surface area contributed by atoms with Gasteiger partial charge in [-0.3, -0.25) is 0 Å². The van der Waals surface area contributed by atoms with Gasteiger partial charge in [0.05, 0.1) is 11.7 Å². The van der Waals surface area contributed by atoms with Crippen LogP contribution in [0.1, 0.15) is 72.3 Å². The molecule has 9 heteroatoms. The average Bonchev–Trinajstić information content (AvgIpc) is 3.38. The minimum atomic E-state index is -3.97. The summed E-state index contributed by atoms with van der Waals surface area (Å²) in [5, 5.41) is 6.34. The highest BCUT2D eigenvalue weighted by Crippen LogP contribution is 2.52. The Morgan fingerprint density at radius 3 is 2.55 bits per heavy atom. The topological polar surface area (TPSA) is 99.5 Å². The summed E-state index contributed by atoms with van der Waals surface area (Å²) in [5.74, 6) is -0.850. The Morgan fingerprint density at radius 2 is 1.85 bits per heavy atom. The van der Waals surface area contributed by atoms with Crippen LogP contribution in [0.2, 0.25) is 0 Å². The van der Waals surface area contributed by atoms with Crippen molar-refractivity contribution < 1.29 is 12.8 Å². The number of nitrogens with one attached hydrogen (secondary N) is 1. The van der Waals surface area contributed by atoms with Crippen molar-refractivity contribution in [3.8, 4) is 0 Å². The highest BCUT2D eigenvalue weighted by molar-refractivity contribution is 7.90. The highest BCUT2D eigenvalue weighted by atomic mass is 32.2. The van der Waals surface area contributed by atoms with Crippen molar-refractivity contribution in [1.29, 1.82) is 0 Å². The smallest absolute Gasteiger partial charge is 0.390 e. The number of aromatic amines is 1. The first-order valence-electron chi connectivity index (χ1n) is 11.3. The van der Waals surface area contributed by atoms with Gasteiger partial charge in [0.25, 0.3) is 0 Å². The van der Waals surface area contributed by atoms with Gasteiger partial charge in [0.2, 0.25) is 5.89 Å². The van der Waals surface area contributed by atoms with E-state index in [1.807, 2.05) is 63.2 Å². The normalized spacial score (nSPS) is 23.6. The minimum absolute atomic E-state index is 0.0811. The lowest BCUT2D eigenvalue weighted by atomic mass is 9.91. The molecule has 0 amide bonds. The van der Waals surface area contributed by atoms with Crippen LogP contribution < -0.4 is 10.1 Å². The molecule has 0 bridgehead atoms. The van der Waals surface area contributed by atoms with Crippen molar-refractivity contribution in [3.63, 3.8) is 0 Å². The monoisotopic (exact) mass is 468 g/mol. The van der Waals surface area contributed by atoms with Gasteiger partial charge < -0.3 is 4.42 Å². The molecule has 0 radical (unpaired) electrons. The average molecular weight is 469 g/mol. The number of hydrogen-bond donors (Lipinski definition) is 1. The number of nitrogens with zero attached hydrogens (tertiary/aromatic N) is 3. The number of anilines is 1. The fourth-order valence-electron chi connectivity index (χ4n) is 5.35. The SMILES string of the molecule is Cc1ccc2c(c1C)C(C)C(c1n[nH]c(=O)o1)N2S(=O)(=O)N1CCCCC1c1ccccc1. The molecule has 0 aliphatic carbocycles. The Kier molecular flexibility index (Phi) is 5.41. The van der Waals surface area contributed by atoms with Crippen molar-refractivity contribution in [2.45, 2.75) is 58.0 Å². The molecule has 1 N–H and O–H groups in total. The summed E-state index contributed by atoms with van der Waals surface area (Å²) in [6.45, 7) is 6.42. The third-order valence-corrected chi connectivity index (χ3v) is 9.02. The van der Waals surface area contributed by atoms with E-state index in [-0.39, 0.29) is 17.9 Å². The molecule has 174 valence electrons. The number of piperidine rings is 1. The molecule has 1 saturated heterocycles. The molecule has 3 atom stereocenters. The molecule has 0 spiro atoms. The molecular weight excluding hydrogens is 440 g/mol. The second-order valence-corrected chi connectivity index (χ2v) is 10.7. The van der Waals surface area contributed by atoms with Crippen LogP contribution in [0, 0.1) is 13.8 Å². The van der Waals surface area contributed by atoms with E-state index in [9.17, 15) is 13.2 Å². The standard InChI is InChI=1S/C24H28N4O4S/c1-15-12-13-20-21(16(15)2)17(3)22(23-25-26-24(29)32-23)28(20)33(30,31)27-14-8-7-11-19(27)18-9-5-4-6-10-18/h4-6,9-10,12-13,17,19,22H,7-8,11,14H2,1-3H3,(H,26,29). The maximum Gasteiger partial charge on any atom is 0.434 e. The summed E-state index contributed by atoms with van der Waals surface area (Å²) in [7, 11) is -3.97. The first kappa shape index (κ1) is 21.9. The van der Waals surface area contributed by atoms with Gasteiger partial charge in [0, 0.05) is 12.5 Å². The van der Waals surface area contributed by atoms with Crippen molar-refractivity contribution in [1.82, 2.24) is 14.5 Å². The van der Waals surface area contributed by atoms with Gasteiger partial charge in [-0.1, -0.05) is 49.7 Å². The molecule has 3 aromatic rings. The summed E-state index contributed by atoms with van der Waals surface area (Å²) >= 11 is 0. The quantitative estimate of drug-likeness (QED) is 0.621. The van der Waals surface area contributed by atoms with Gasteiger partial charge in [-0.15, -0.1) is 5.10 Å². The van der Waals surface area contributed by atoms with Gasteiger partial charge in [-0.05, 0) is 55.0 Å². The maximum absolute atomic E-state index is 14.4. The van der Waals surface area contributed by atoms with E-state index in [1.54, 1.807) is 4.31 Å². The van der Waals surface area contributed by atoms with Crippen LogP contribution in [0.15, 0.2) is 51.7 Å². The number of fused-ring (bicyclic) bond motifs is 1. The second-order valence-electron chi connectivity index (χ2n) is 8.96. The zero-order chi connectivity index (χ0) is 23.3. The number of aromatic nitrogens is 2. The van der Waals surface area contributed by atoms with Crippen LogP contribution in [-0.2, 0) is 10.2 Å². The van der Waals surface area contributed by atoms with Gasteiger partial charge in [0.15, 0.2) is 0 Å². The zero-order valence-electron chi connectivity index (χ0n) is 19.0. The van der Waals surface area contributed by atoms with E-state index in [0.29, 0.717) is 12.2 Å². The third kappa shape index (κ3) is 3.50. The summed E-state index contributed by atoms with van der Waals surface area (Å²) in [4.78, 5) is 11.8. The molecule has 5 rings (SSSR count). The lowest BCUT2D eigenvalue weighted by Crippen LogP contribution is -2.48. The van der Waals surface area contributed by atoms with E-state index in [4.69, 9.17) is 4.42 Å². The van der Waals surface area contributed by atoms with Crippen LogP contribution in [0.25, 0.3) is 0 Å². The summed E-state index contributed by atoms with van der Waals surface area (Å²) in [6.07, 6.45) is 2.52. The summed E-state index contributed by atoms with van der Waals surface area (Å²) in [5.41, 5.74) is 4.68. The fourth-order valence-corrected chi connectivity index (χ4v) is 7.46. The number of benzene rings is 2. The number of aryl methyl sites for hydroxylation is 1. The van der Waals surface area contributed by atoms with Gasteiger partial charge in [-0.25, -0.2) is 14.2 Å². The number of H-pyrrole nitrogens is 1. The maximum atomic E-state index is 14.4. The van der Waals surface area contributed by atoms with Crippen LogP contribution in [-0.4, -0.2) is 29.5 Å². The van der Waals surface area contributed by atoms with E-state index in [0.717, 1.165) is 41.5 Å². The zero-order valence-corrected chi connectivity index (χ0v) is 19.8. The summed E-state index contributed by atoms with van der Waals surface area (Å²) < 4.78 is 37.1. The first-order valence-corrected chi connectivity index (χ1v) is 12.7. The van der Waals surface area contributed by atoms with Gasteiger partial charge in [-0.2, -0.15) is 12.7 Å². The van der Waals surface area contributed by atoms with Crippen molar-refractivity contribution in [2.24, 2.45) is 0 Å². The first-order chi connectivity index (χ1) is 15.8. The molecule has 2 aliphatic rings. The molecule has 2 aromatic carbocycles. The van der Waals surface area contributed by atoms with E-state index in [2.05, 4.69) is 10.2 Å². The van der Waals surface area contributed by atoms with E-state index < -0.39 is 22.0 Å². The van der Waals surface area contributed by atoms with Crippen molar-refractivity contribution >= 4 is 15.9 Å². The predicted octanol–water partition coefficient (Wildman–Crippen LogP) is 4.12. The number of rotatable bonds is 4. The van der Waals surface area contributed by atoms with Gasteiger partial charge >= 0.3 is 16.0 Å². The Balaban J connectivity index is 1.67. The largest absolute Gasteiger partial charge is 0.434 e. The Labute approximate surface area is 193 Å². The molecule has 1 fully saturated rings. The Bertz CT molecular complexity index is 1330. The van der Waals surface area contributed by atoms with Crippen LogP contribution in [0.3, 0.4) is 0 Å². The van der Waals surface area contributed by atoms with E-state index in [1.165, 1.54) is 4.31 Å². The minimum Gasteiger partial charge on any atom is -0.390 e. The van der Waals surface area contributed by atoms with Crippen LogP contribution in [0.4, 0.5) is 5.69 Å². The fraction of sp³-hybridized carbons (Fsp3) is 0.417. The lowest BCUT2D eigenvalue weighted by molar-refractivity contribution is 0.253. The number of hydrogen-bond acceptors (Lipinski definition) is 5. The molecule has 3 unspecified atom stereocenters. The molecule has 33 heavy (non-hydrogen) atoms. The van der Waals surface area contributed by atoms with E-state index >= 15 is 0 Å². The highest BCUT2D eigenvalue weighted by Gasteiger charge is 2.50. The van der Waals surface area contributed by atoms with Crippen molar-refractivity contribution in [3.05, 3.63) is 81.2 Å². The predicted molar refractivity (Wildman–Crippen MR) is 125 cm³/mol. The molecule has 1 aromatic heterocycles. The third-order valence-electron chi connectivity index (χ3n) is 7.07. The Morgan fingerprint density at radius 1 is 1.09 bits per heavy atom. The lowest BCUT2D eigenvalue weighted by Gasteiger charge is -2.39. The molecular formula is C24H28N4O4S. The van der Waals surface area contributed by atoms with Crippen LogP contribution in [0.5, 0.6) is 0 Å². The van der Waals surface area contributed by atoms with Crippen molar-refractivity contribution in [2.75, 3.05) is 10.8 Å². The van der Waals surface area contributed by atoms with Crippen LogP contribution >= 0.6 is 0 Å². The second kappa shape index (κ2) is 8.14. The molecule has 0 saturated carbocycles. The molecule has 8 nitrogen and oxygen atoms in total. The molecule has 2 aliphatic heterocycles. The Hall–Kier alpha value is -2.91. The summed E-state index contributed by atoms with van der Waals surface area (Å²) in [6, 6.07) is 12.6. The van der Waals surface area contributed by atoms with Gasteiger partial charge in [0.1, 0.15) is 6.04 Å². The molecule has 3 heterocycles.